The average Bonchev–Trinajstić information content (AvgIpc) is 2.91. The molecule has 16 heteroatoms. The van der Waals surface area contributed by atoms with E-state index in [1.807, 2.05) is 0 Å². The van der Waals surface area contributed by atoms with Gasteiger partial charge in [-0.25, -0.2) is 4.79 Å². The second-order valence-corrected chi connectivity index (χ2v) is 11.2. The van der Waals surface area contributed by atoms with Crippen LogP contribution in [0.5, 0.6) is 0 Å². The van der Waals surface area contributed by atoms with Gasteiger partial charge in [0, 0.05) is 18.6 Å². The molecule has 0 aliphatic carbocycles. The van der Waals surface area contributed by atoms with Crippen molar-refractivity contribution in [3.63, 3.8) is 0 Å². The molecule has 0 heterocycles. The van der Waals surface area contributed by atoms with E-state index in [4.69, 9.17) is 13.1 Å². The average molecular weight is 595 g/mol. The van der Waals surface area contributed by atoms with E-state index in [1.165, 1.54) is 24.3 Å². The SMILES string of the molecule is Cc1ccccc1COC(=O)C(CCOS(=O)(=O)c1ccccc1[N+](=O)[O-])OS(=O)(=O)c1ccccc1[N+](=O)[O-]. The van der Waals surface area contributed by atoms with E-state index in [9.17, 15) is 41.9 Å². The molecule has 0 saturated carbocycles. The molecule has 1 atom stereocenters. The molecule has 3 rings (SSSR count). The molecule has 212 valence electrons. The van der Waals surface area contributed by atoms with Crippen LogP contribution in [-0.4, -0.2) is 45.4 Å². The fourth-order valence-electron chi connectivity index (χ4n) is 3.39. The Bertz CT molecular complexity index is 1640. The Morgan fingerprint density at radius 2 is 1.30 bits per heavy atom. The summed E-state index contributed by atoms with van der Waals surface area (Å²) >= 11 is 0. The van der Waals surface area contributed by atoms with Crippen molar-refractivity contribution < 1.29 is 44.6 Å². The minimum absolute atomic E-state index is 0.285. The van der Waals surface area contributed by atoms with E-state index in [0.29, 0.717) is 5.56 Å². The van der Waals surface area contributed by atoms with Crippen molar-refractivity contribution in [2.24, 2.45) is 0 Å². The molecule has 0 aromatic heterocycles. The number of hydrogen-bond donors (Lipinski definition) is 0. The number of esters is 1. The minimum Gasteiger partial charge on any atom is -0.459 e. The number of benzene rings is 3. The van der Waals surface area contributed by atoms with Gasteiger partial charge in [0.2, 0.25) is 0 Å². The van der Waals surface area contributed by atoms with Crippen LogP contribution in [0.1, 0.15) is 17.5 Å². The van der Waals surface area contributed by atoms with Crippen LogP contribution in [0.25, 0.3) is 0 Å². The van der Waals surface area contributed by atoms with E-state index < -0.39 is 76.3 Å². The van der Waals surface area contributed by atoms with Gasteiger partial charge in [0.1, 0.15) is 6.61 Å². The molecule has 0 aliphatic rings. The third-order valence-corrected chi connectivity index (χ3v) is 8.15. The molecule has 0 saturated heterocycles. The third kappa shape index (κ3) is 7.44. The highest BCUT2D eigenvalue weighted by Crippen LogP contribution is 2.28. The molecule has 0 spiro atoms. The highest BCUT2D eigenvalue weighted by molar-refractivity contribution is 7.87. The van der Waals surface area contributed by atoms with Gasteiger partial charge in [0.05, 0.1) is 16.5 Å². The number of nitro groups is 2. The van der Waals surface area contributed by atoms with Crippen molar-refractivity contribution in [1.82, 2.24) is 0 Å². The first-order valence-corrected chi connectivity index (χ1v) is 14.2. The summed E-state index contributed by atoms with van der Waals surface area (Å²) in [5.41, 5.74) is -0.220. The predicted molar refractivity (Wildman–Crippen MR) is 137 cm³/mol. The van der Waals surface area contributed by atoms with Gasteiger partial charge in [-0.05, 0) is 30.2 Å². The van der Waals surface area contributed by atoms with Gasteiger partial charge in [-0.1, -0.05) is 48.5 Å². The van der Waals surface area contributed by atoms with Crippen LogP contribution in [0.15, 0.2) is 82.6 Å². The largest absolute Gasteiger partial charge is 0.459 e. The van der Waals surface area contributed by atoms with Gasteiger partial charge in [-0.3, -0.25) is 28.6 Å². The second kappa shape index (κ2) is 12.7. The molecule has 0 N–H and O–H groups in total. The monoisotopic (exact) mass is 594 g/mol. The van der Waals surface area contributed by atoms with Crippen LogP contribution in [0.3, 0.4) is 0 Å². The number of carbonyl (C=O) groups excluding carboxylic acids is 1. The summed E-state index contributed by atoms with van der Waals surface area (Å²) < 4.78 is 66.1. The van der Waals surface area contributed by atoms with Crippen molar-refractivity contribution in [1.29, 1.82) is 0 Å². The summed E-state index contributed by atoms with van der Waals surface area (Å²) in [6.07, 6.45) is -2.71. The van der Waals surface area contributed by atoms with Crippen LogP contribution in [-0.2, 0) is 44.7 Å². The molecule has 40 heavy (non-hydrogen) atoms. The molecule has 0 radical (unpaired) electrons. The highest BCUT2D eigenvalue weighted by Gasteiger charge is 2.34. The molecular formula is C24H22N2O12S2. The van der Waals surface area contributed by atoms with Crippen molar-refractivity contribution in [3.8, 4) is 0 Å². The Morgan fingerprint density at radius 3 is 1.85 bits per heavy atom. The Morgan fingerprint density at radius 1 is 0.800 bits per heavy atom. The Kier molecular flexibility index (Phi) is 9.65. The summed E-state index contributed by atoms with van der Waals surface area (Å²) in [6.45, 7) is 0.606. The van der Waals surface area contributed by atoms with E-state index in [1.54, 1.807) is 31.2 Å². The fraction of sp³-hybridized carbons (Fsp3) is 0.208. The van der Waals surface area contributed by atoms with Gasteiger partial charge >= 0.3 is 26.2 Å². The van der Waals surface area contributed by atoms with Crippen molar-refractivity contribution >= 4 is 37.6 Å². The van der Waals surface area contributed by atoms with E-state index in [-0.39, 0.29) is 6.61 Å². The summed E-state index contributed by atoms with van der Waals surface area (Å²) in [7, 11) is -9.66. The van der Waals surface area contributed by atoms with Gasteiger partial charge in [-0.15, -0.1) is 0 Å². The van der Waals surface area contributed by atoms with E-state index >= 15 is 0 Å². The first-order valence-electron chi connectivity index (χ1n) is 11.3. The molecule has 14 nitrogen and oxygen atoms in total. The van der Waals surface area contributed by atoms with Crippen molar-refractivity contribution in [3.05, 3.63) is 104 Å². The number of ether oxygens (including phenoxy) is 1. The van der Waals surface area contributed by atoms with Crippen LogP contribution in [0, 0.1) is 27.2 Å². The smallest absolute Gasteiger partial charge is 0.337 e. The number of rotatable bonds is 13. The minimum atomic E-state index is -4.94. The lowest BCUT2D eigenvalue weighted by Crippen LogP contribution is -2.31. The normalized spacial score (nSPS) is 12.4. The summed E-state index contributed by atoms with van der Waals surface area (Å²) in [5.74, 6) is -1.22. The first kappa shape index (κ1) is 30.3. The fourth-order valence-corrected chi connectivity index (χ4v) is 5.71. The standard InChI is InChI=1S/C24H22N2O12S2/c1-17-8-2-3-9-18(17)16-36-24(27)21(38-40(34,35)23-13-7-5-11-20(23)26(30)31)14-15-37-39(32,33)22-12-6-4-10-19(22)25(28)29/h2-13,21H,14-16H2,1H3. The summed E-state index contributed by atoms with van der Waals surface area (Å²) in [4.78, 5) is 31.9. The number of nitro benzene ring substituents is 2. The van der Waals surface area contributed by atoms with E-state index in [0.717, 1.165) is 29.8 Å². The topological polar surface area (TPSA) is 199 Å². The number of nitrogens with zero attached hydrogens (tertiary/aromatic N) is 2. The molecule has 3 aromatic rings. The number of carbonyl (C=O) groups is 1. The lowest BCUT2D eigenvalue weighted by Gasteiger charge is -2.17. The van der Waals surface area contributed by atoms with Gasteiger partial charge in [0.15, 0.2) is 15.9 Å². The van der Waals surface area contributed by atoms with E-state index in [2.05, 4.69) is 0 Å². The lowest BCUT2D eigenvalue weighted by molar-refractivity contribution is -0.388. The zero-order valence-corrected chi connectivity index (χ0v) is 22.4. The molecule has 0 fully saturated rings. The summed E-state index contributed by atoms with van der Waals surface area (Å²) in [5, 5.41) is 22.5. The first-order chi connectivity index (χ1) is 18.8. The van der Waals surface area contributed by atoms with Crippen LogP contribution >= 0.6 is 0 Å². The maximum Gasteiger partial charge on any atom is 0.337 e. The summed E-state index contributed by atoms with van der Waals surface area (Å²) in [6, 6.07) is 15.5. The van der Waals surface area contributed by atoms with Gasteiger partial charge in [-0.2, -0.15) is 16.8 Å². The second-order valence-electron chi connectivity index (χ2n) is 8.09. The predicted octanol–water partition coefficient (Wildman–Crippen LogP) is 3.42. The Balaban J connectivity index is 1.84. The number of aryl methyl sites for hydroxylation is 1. The molecule has 3 aromatic carbocycles. The Hall–Kier alpha value is -4.25. The van der Waals surface area contributed by atoms with Crippen LogP contribution in [0.2, 0.25) is 0 Å². The Labute approximate surface area is 228 Å². The molecular weight excluding hydrogens is 572 g/mol. The molecule has 0 aliphatic heterocycles. The number of para-hydroxylation sites is 2. The van der Waals surface area contributed by atoms with Gasteiger partial charge in [0.25, 0.3) is 11.4 Å². The molecule has 0 amide bonds. The highest BCUT2D eigenvalue weighted by atomic mass is 32.2. The zero-order chi connectivity index (χ0) is 29.5. The van der Waals surface area contributed by atoms with Crippen molar-refractivity contribution in [2.75, 3.05) is 6.61 Å². The third-order valence-electron chi connectivity index (χ3n) is 5.42. The molecule has 1 unspecified atom stereocenters. The maximum absolute atomic E-state index is 12.9. The lowest BCUT2D eigenvalue weighted by atomic mass is 10.1. The van der Waals surface area contributed by atoms with Gasteiger partial charge < -0.3 is 4.74 Å². The van der Waals surface area contributed by atoms with Crippen LogP contribution < -0.4 is 0 Å². The quantitative estimate of drug-likeness (QED) is 0.121. The maximum atomic E-state index is 12.9. The molecule has 0 bridgehead atoms. The van der Waals surface area contributed by atoms with Crippen LogP contribution in [0.4, 0.5) is 11.4 Å². The van der Waals surface area contributed by atoms with Crippen molar-refractivity contribution in [2.45, 2.75) is 35.8 Å². The number of hydrogen-bond acceptors (Lipinski definition) is 12. The zero-order valence-electron chi connectivity index (χ0n) is 20.7.